The predicted octanol–water partition coefficient (Wildman–Crippen LogP) is 3.53. The third-order valence-electron chi connectivity index (χ3n) is 3.53. The number of hydrogen-bond acceptors (Lipinski definition) is 3. The van der Waals surface area contributed by atoms with Crippen LogP contribution in [0.5, 0.6) is 0 Å². The number of rotatable bonds is 4. The maximum atomic E-state index is 12.5. The largest absolute Gasteiger partial charge is 0.305 e. The minimum absolute atomic E-state index is 0.265. The molecule has 2 aromatic heterocycles. The zero-order valence-electron chi connectivity index (χ0n) is 13.1. The summed E-state index contributed by atoms with van der Waals surface area (Å²) in [6, 6.07) is 9.14. The smallest absolute Gasteiger partial charge is 0.261 e. The van der Waals surface area contributed by atoms with E-state index in [1.807, 2.05) is 18.2 Å². The molecule has 24 heavy (non-hydrogen) atoms. The van der Waals surface area contributed by atoms with E-state index in [0.717, 1.165) is 5.56 Å². The Hall–Kier alpha value is -2.31. The Morgan fingerprint density at radius 2 is 1.96 bits per heavy atom. The van der Waals surface area contributed by atoms with Gasteiger partial charge in [-0.3, -0.25) is 9.48 Å². The van der Waals surface area contributed by atoms with Gasteiger partial charge in [-0.1, -0.05) is 41.4 Å². The van der Waals surface area contributed by atoms with Crippen molar-refractivity contribution in [3.8, 4) is 0 Å². The van der Waals surface area contributed by atoms with Gasteiger partial charge in [0, 0.05) is 24.3 Å². The van der Waals surface area contributed by atoms with Crippen molar-refractivity contribution in [3.05, 3.63) is 63.5 Å². The van der Waals surface area contributed by atoms with E-state index in [1.54, 1.807) is 41.7 Å². The van der Waals surface area contributed by atoms with Gasteiger partial charge in [0.2, 0.25) is 0 Å². The Labute approximate surface area is 149 Å². The van der Waals surface area contributed by atoms with Crippen molar-refractivity contribution in [1.29, 1.82) is 0 Å². The molecule has 0 atom stereocenters. The molecular formula is C16H15Cl2N5O. The number of carbonyl (C=O) groups excluding carboxylic acids is 1. The molecule has 0 radical (unpaired) electrons. The van der Waals surface area contributed by atoms with Crippen molar-refractivity contribution in [3.63, 3.8) is 0 Å². The lowest BCUT2D eigenvalue weighted by Gasteiger charge is -2.06. The second-order valence-corrected chi connectivity index (χ2v) is 6.09. The van der Waals surface area contributed by atoms with Crippen LogP contribution in [0.1, 0.15) is 21.6 Å². The summed E-state index contributed by atoms with van der Waals surface area (Å²) in [6.07, 6.45) is 1.74. The first-order chi connectivity index (χ1) is 11.5. The van der Waals surface area contributed by atoms with Crippen molar-refractivity contribution in [1.82, 2.24) is 19.6 Å². The van der Waals surface area contributed by atoms with Crippen molar-refractivity contribution in [2.45, 2.75) is 13.5 Å². The van der Waals surface area contributed by atoms with Crippen LogP contribution in [-0.4, -0.2) is 25.5 Å². The molecule has 3 rings (SSSR count). The summed E-state index contributed by atoms with van der Waals surface area (Å²) in [5, 5.41) is 12.1. The molecule has 1 N–H and O–H groups in total. The van der Waals surface area contributed by atoms with E-state index >= 15 is 0 Å². The summed E-state index contributed by atoms with van der Waals surface area (Å²) < 4.78 is 3.16. The molecule has 0 saturated heterocycles. The number of nitrogens with zero attached hydrogens (tertiary/aromatic N) is 4. The van der Waals surface area contributed by atoms with Crippen LogP contribution >= 0.6 is 23.2 Å². The van der Waals surface area contributed by atoms with Gasteiger partial charge in [-0.05, 0) is 18.6 Å². The van der Waals surface area contributed by atoms with E-state index in [4.69, 9.17) is 23.2 Å². The molecule has 124 valence electrons. The molecule has 0 spiro atoms. The summed E-state index contributed by atoms with van der Waals surface area (Å²) in [5.41, 5.74) is 1.75. The molecule has 0 aliphatic rings. The van der Waals surface area contributed by atoms with Gasteiger partial charge >= 0.3 is 0 Å². The maximum absolute atomic E-state index is 12.5. The third-order valence-corrected chi connectivity index (χ3v) is 4.28. The Morgan fingerprint density at radius 3 is 2.62 bits per heavy atom. The molecule has 0 saturated carbocycles. The zero-order valence-corrected chi connectivity index (χ0v) is 14.6. The quantitative estimate of drug-likeness (QED) is 0.770. The minimum Gasteiger partial charge on any atom is -0.305 e. The van der Waals surface area contributed by atoms with Gasteiger partial charge in [-0.2, -0.15) is 10.2 Å². The number of hydrogen-bond donors (Lipinski definition) is 1. The minimum atomic E-state index is -0.346. The predicted molar refractivity (Wildman–Crippen MR) is 93.7 cm³/mol. The highest BCUT2D eigenvalue weighted by Crippen LogP contribution is 2.24. The molecule has 0 aliphatic heterocycles. The monoisotopic (exact) mass is 363 g/mol. The molecule has 0 aliphatic carbocycles. The summed E-state index contributed by atoms with van der Waals surface area (Å²) >= 11 is 12.5. The van der Waals surface area contributed by atoms with Crippen molar-refractivity contribution < 1.29 is 4.79 Å². The average Bonchev–Trinajstić information content (AvgIpc) is 3.05. The molecular weight excluding hydrogens is 349 g/mol. The molecule has 1 amide bonds. The van der Waals surface area contributed by atoms with Crippen LogP contribution in [-0.2, 0) is 13.6 Å². The van der Waals surface area contributed by atoms with Crippen molar-refractivity contribution in [2.24, 2.45) is 7.05 Å². The average molecular weight is 364 g/mol. The molecule has 0 fully saturated rings. The van der Waals surface area contributed by atoms with Gasteiger partial charge < -0.3 is 5.32 Å². The standard InChI is InChI=1S/C16H15Cl2N5O/c1-10-14(16(24)19-13-7-8-22(2)21-13)15(18)23(20-10)9-11-5-3-4-6-12(11)17/h3-8H,9H2,1-2H3,(H,19,21,24). The fraction of sp³-hybridized carbons (Fsp3) is 0.188. The van der Waals surface area contributed by atoms with Crippen molar-refractivity contribution >= 4 is 34.9 Å². The van der Waals surface area contributed by atoms with Crippen LogP contribution in [0.4, 0.5) is 5.82 Å². The lowest BCUT2D eigenvalue weighted by Crippen LogP contribution is -2.14. The Kier molecular flexibility index (Phi) is 4.59. The number of benzene rings is 1. The number of halogens is 2. The fourth-order valence-corrected chi connectivity index (χ4v) is 2.88. The van der Waals surface area contributed by atoms with Crippen LogP contribution in [0.15, 0.2) is 36.5 Å². The van der Waals surface area contributed by atoms with E-state index in [0.29, 0.717) is 28.6 Å². The highest BCUT2D eigenvalue weighted by Gasteiger charge is 2.21. The number of anilines is 1. The van der Waals surface area contributed by atoms with Gasteiger partial charge in [-0.15, -0.1) is 0 Å². The van der Waals surface area contributed by atoms with E-state index in [2.05, 4.69) is 15.5 Å². The van der Waals surface area contributed by atoms with Crippen LogP contribution in [0, 0.1) is 6.92 Å². The first-order valence-electron chi connectivity index (χ1n) is 7.23. The summed E-state index contributed by atoms with van der Waals surface area (Å²) in [6.45, 7) is 2.12. The van der Waals surface area contributed by atoms with Gasteiger partial charge in [0.15, 0.2) is 5.82 Å². The normalized spacial score (nSPS) is 10.8. The molecule has 2 heterocycles. The number of nitrogens with one attached hydrogen (secondary N) is 1. The number of aryl methyl sites for hydroxylation is 2. The van der Waals surface area contributed by atoms with Gasteiger partial charge in [0.1, 0.15) is 5.15 Å². The Morgan fingerprint density at radius 1 is 1.21 bits per heavy atom. The van der Waals surface area contributed by atoms with Crippen LogP contribution in [0.25, 0.3) is 0 Å². The number of aromatic nitrogens is 4. The molecule has 0 unspecified atom stereocenters. The first kappa shape index (κ1) is 16.5. The van der Waals surface area contributed by atoms with E-state index in [-0.39, 0.29) is 11.1 Å². The second-order valence-electron chi connectivity index (χ2n) is 5.33. The lowest BCUT2D eigenvalue weighted by molar-refractivity contribution is 0.102. The van der Waals surface area contributed by atoms with E-state index in [9.17, 15) is 4.79 Å². The maximum Gasteiger partial charge on any atom is 0.261 e. The topological polar surface area (TPSA) is 64.7 Å². The van der Waals surface area contributed by atoms with Crippen LogP contribution in [0.2, 0.25) is 10.2 Å². The Bertz CT molecular complexity index is 900. The molecule has 1 aromatic carbocycles. The molecule has 6 nitrogen and oxygen atoms in total. The number of carbonyl (C=O) groups is 1. The van der Waals surface area contributed by atoms with E-state index in [1.165, 1.54) is 0 Å². The number of amides is 1. The van der Waals surface area contributed by atoms with E-state index < -0.39 is 0 Å². The van der Waals surface area contributed by atoms with Crippen molar-refractivity contribution in [2.75, 3.05) is 5.32 Å². The van der Waals surface area contributed by atoms with Gasteiger partial charge in [-0.25, -0.2) is 4.68 Å². The first-order valence-corrected chi connectivity index (χ1v) is 7.98. The SMILES string of the molecule is Cc1nn(Cc2ccccc2Cl)c(Cl)c1C(=O)Nc1ccn(C)n1. The summed E-state index contributed by atoms with van der Waals surface area (Å²) in [4.78, 5) is 12.5. The summed E-state index contributed by atoms with van der Waals surface area (Å²) in [7, 11) is 1.77. The van der Waals surface area contributed by atoms with Gasteiger partial charge in [0.25, 0.3) is 5.91 Å². The summed E-state index contributed by atoms with van der Waals surface area (Å²) in [5.74, 6) is 0.110. The highest BCUT2D eigenvalue weighted by molar-refractivity contribution is 6.33. The fourth-order valence-electron chi connectivity index (χ4n) is 2.36. The third kappa shape index (κ3) is 3.29. The second kappa shape index (κ2) is 6.67. The molecule has 3 aromatic rings. The van der Waals surface area contributed by atoms with Crippen LogP contribution < -0.4 is 5.32 Å². The van der Waals surface area contributed by atoms with Crippen LogP contribution in [0.3, 0.4) is 0 Å². The molecule has 0 bridgehead atoms. The lowest BCUT2D eigenvalue weighted by atomic mass is 10.2. The zero-order chi connectivity index (χ0) is 17.3. The Balaban J connectivity index is 1.86. The highest BCUT2D eigenvalue weighted by atomic mass is 35.5. The molecule has 8 heteroatoms. The van der Waals surface area contributed by atoms with Gasteiger partial charge in [0.05, 0.1) is 17.8 Å².